The van der Waals surface area contributed by atoms with Crippen LogP contribution in [0, 0.1) is 23.7 Å². The number of hydrogen-bond acceptors (Lipinski definition) is 17. The molecule has 76 heavy (non-hydrogen) atoms. The number of hydrogen-bond donors (Lipinski definition) is 5. The number of cyclic esters (lactones) is 1. The summed E-state index contributed by atoms with van der Waals surface area (Å²) in [5, 5.41) is 59.8. The third-order valence-electron chi connectivity index (χ3n) is 16.6. The highest BCUT2D eigenvalue weighted by Crippen LogP contribution is 2.40. The number of aromatic nitrogens is 1. The van der Waals surface area contributed by atoms with Crippen LogP contribution >= 0.6 is 0 Å². The van der Waals surface area contributed by atoms with Crippen molar-refractivity contribution in [2.75, 3.05) is 66.6 Å². The summed E-state index contributed by atoms with van der Waals surface area (Å²) in [6.07, 6.45) is -3.20. The van der Waals surface area contributed by atoms with Gasteiger partial charge in [0, 0.05) is 76.5 Å². The Morgan fingerprint density at radius 1 is 0.921 bits per heavy atom. The number of carboxylic acid groups (broad SMARTS) is 1. The number of aliphatic hydroxyl groups excluding tert-OH is 2. The Hall–Kier alpha value is -3.31. The second kappa shape index (κ2) is 27.2. The summed E-state index contributed by atoms with van der Waals surface area (Å²) in [6.45, 7) is 22.4. The lowest BCUT2D eigenvalue weighted by Crippen LogP contribution is -2.59. The number of fused-ring (bicyclic) bond motifs is 1. The van der Waals surface area contributed by atoms with Crippen LogP contribution in [0.1, 0.15) is 143 Å². The van der Waals surface area contributed by atoms with Crippen LogP contribution in [-0.4, -0.2) is 198 Å². The SMILES string of the molecule is CC[C@H]1OC(=O)[C@H](C)[C@@H](O[C@H]2C[C@H](C)[C@@H](OCCCCOCCC(C)c3ccc4c(c3)c(=O)c(C(=O)O)cn4N(C)C)[C@H](C)O2)[C@H](C)[C@@H](O[C@@H]2O[C@H](C)C[C@H](N(C)C)[C@H]2O)[C@](C)(O)C[C@@H](C)CN(C)[C@H](C)[C@@H](O)[C@]1(C)O. The fourth-order valence-corrected chi connectivity index (χ4v) is 12.0. The molecule has 4 heterocycles. The topological polar surface area (TPSA) is 232 Å². The van der Waals surface area contributed by atoms with Gasteiger partial charge in [-0.3, -0.25) is 14.3 Å². The zero-order valence-electron chi connectivity index (χ0n) is 48.5. The van der Waals surface area contributed by atoms with Crippen LogP contribution in [-0.2, 0) is 38.0 Å². The van der Waals surface area contributed by atoms with Gasteiger partial charge in [-0.25, -0.2) is 4.79 Å². The molecule has 19 atom stereocenters. The molecule has 19 heteroatoms. The summed E-state index contributed by atoms with van der Waals surface area (Å²) >= 11 is 0. The van der Waals surface area contributed by atoms with Gasteiger partial charge in [-0.1, -0.05) is 40.7 Å². The maximum Gasteiger partial charge on any atom is 0.341 e. The molecule has 2 aromatic rings. The lowest BCUT2D eigenvalue weighted by molar-refractivity contribution is -0.310. The summed E-state index contributed by atoms with van der Waals surface area (Å²) in [5.74, 6) is -3.75. The number of carbonyl (C=O) groups excluding carboxylic acids is 1. The second-order valence-electron chi connectivity index (χ2n) is 23.7. The van der Waals surface area contributed by atoms with E-state index in [2.05, 4.69) is 13.8 Å². The van der Waals surface area contributed by atoms with Crippen LogP contribution < -0.4 is 10.4 Å². The summed E-state index contributed by atoms with van der Waals surface area (Å²) in [6, 6.07) is 4.78. The number of pyridine rings is 1. The average Bonchev–Trinajstić information content (AvgIpc) is 3.34. The number of nitrogens with zero attached hydrogens (tertiary/aromatic N) is 4. The summed E-state index contributed by atoms with van der Waals surface area (Å²) in [5.41, 5.74) is -2.60. The number of esters is 1. The molecule has 3 aliphatic rings. The fraction of sp³-hybridized carbons (Fsp3) is 0.807. The Labute approximate surface area is 452 Å². The van der Waals surface area contributed by atoms with E-state index in [1.54, 1.807) is 50.6 Å². The Morgan fingerprint density at radius 3 is 2.21 bits per heavy atom. The molecule has 3 saturated heterocycles. The maximum absolute atomic E-state index is 14.5. The summed E-state index contributed by atoms with van der Waals surface area (Å²) in [4.78, 5) is 43.3. The molecule has 0 spiro atoms. The minimum atomic E-state index is -1.81. The van der Waals surface area contributed by atoms with Crippen molar-refractivity contribution in [3.05, 3.63) is 45.7 Å². The third kappa shape index (κ3) is 15.3. The Balaban J connectivity index is 1.26. The second-order valence-corrected chi connectivity index (χ2v) is 23.7. The van der Waals surface area contributed by atoms with Gasteiger partial charge in [0.2, 0.25) is 5.43 Å². The number of aromatic carboxylic acids is 1. The predicted octanol–water partition coefficient (Wildman–Crippen LogP) is 5.36. The van der Waals surface area contributed by atoms with Crippen LogP contribution in [0.2, 0.25) is 0 Å². The van der Waals surface area contributed by atoms with Crippen molar-refractivity contribution >= 4 is 22.8 Å². The van der Waals surface area contributed by atoms with Crippen molar-refractivity contribution in [1.82, 2.24) is 14.5 Å². The largest absolute Gasteiger partial charge is 0.477 e. The van der Waals surface area contributed by atoms with Gasteiger partial charge in [-0.15, -0.1) is 0 Å². The van der Waals surface area contributed by atoms with E-state index < -0.39 is 95.7 Å². The summed E-state index contributed by atoms with van der Waals surface area (Å²) in [7, 11) is 9.21. The quantitative estimate of drug-likeness (QED) is 0.0935. The van der Waals surface area contributed by atoms with Gasteiger partial charge in [0.25, 0.3) is 0 Å². The minimum Gasteiger partial charge on any atom is -0.477 e. The van der Waals surface area contributed by atoms with Crippen LogP contribution in [0.4, 0.5) is 0 Å². The molecule has 3 fully saturated rings. The zero-order chi connectivity index (χ0) is 56.7. The van der Waals surface area contributed by atoms with E-state index in [0.29, 0.717) is 56.5 Å². The Bertz CT molecular complexity index is 2230. The lowest BCUT2D eigenvalue weighted by atomic mass is 9.77. The maximum atomic E-state index is 14.5. The standard InChI is InChI=1S/C57H96N4O15/c1-17-45-57(11,69)51(64)38(8)60(16)30-32(2)29-56(10,68)52(76-55-48(63)44(58(12)13)27-35(5)72-55)36(6)50(37(7)54(67)74-45)75-46-26-34(4)49(39(9)73-46)71-24-19-18-23-70-25-22-33(3)40-20-21-43-41(28-40)47(62)42(53(65)66)31-61(43)59(14)15/h20-21,28,31-39,44-46,48-52,55,63-64,68-69H,17-19,22-27,29-30H2,1-16H3,(H,65,66)/t32-,33?,34+,35-,36+,37-,38-,39+,44+,45-,46+,48-,49-,50+,51-,52-,55+,56-,57-/m1/s1. The molecule has 0 bridgehead atoms. The number of carbonyl (C=O) groups is 2. The van der Waals surface area contributed by atoms with Crippen molar-refractivity contribution in [1.29, 1.82) is 0 Å². The molecule has 0 radical (unpaired) electrons. The van der Waals surface area contributed by atoms with Gasteiger partial charge in [0.15, 0.2) is 12.6 Å². The first kappa shape index (κ1) is 63.5. The van der Waals surface area contributed by atoms with Crippen LogP contribution in [0.5, 0.6) is 0 Å². The summed E-state index contributed by atoms with van der Waals surface area (Å²) < 4.78 is 46.9. The molecule has 19 nitrogen and oxygen atoms in total. The van der Waals surface area contributed by atoms with Crippen molar-refractivity contribution in [3.8, 4) is 0 Å². The smallest absolute Gasteiger partial charge is 0.341 e. The van der Waals surface area contributed by atoms with Gasteiger partial charge >= 0.3 is 11.9 Å². The molecule has 1 unspecified atom stereocenters. The van der Waals surface area contributed by atoms with Crippen LogP contribution in [0.15, 0.2) is 29.2 Å². The van der Waals surface area contributed by atoms with Crippen molar-refractivity contribution in [2.45, 2.75) is 212 Å². The molecule has 0 saturated carbocycles. The van der Waals surface area contributed by atoms with Gasteiger partial charge < -0.3 is 73.5 Å². The van der Waals surface area contributed by atoms with E-state index in [-0.39, 0.29) is 54.4 Å². The normalized spacial score (nSPS) is 37.1. The highest BCUT2D eigenvalue weighted by atomic mass is 16.7. The van der Waals surface area contributed by atoms with E-state index in [1.807, 2.05) is 77.7 Å². The molecule has 5 N–H and O–H groups in total. The van der Waals surface area contributed by atoms with Crippen LogP contribution in [0.3, 0.4) is 0 Å². The number of carboxylic acids is 1. The van der Waals surface area contributed by atoms with Gasteiger partial charge in [0.05, 0.1) is 47.6 Å². The van der Waals surface area contributed by atoms with Crippen molar-refractivity contribution in [3.63, 3.8) is 0 Å². The van der Waals surface area contributed by atoms with E-state index in [4.69, 9.17) is 33.2 Å². The van der Waals surface area contributed by atoms with E-state index in [1.165, 1.54) is 13.1 Å². The highest BCUT2D eigenvalue weighted by Gasteiger charge is 2.51. The van der Waals surface area contributed by atoms with E-state index in [0.717, 1.165) is 18.4 Å². The molecular weight excluding hydrogens is 981 g/mol. The molecule has 0 amide bonds. The van der Waals surface area contributed by atoms with E-state index in [9.17, 15) is 39.9 Å². The molecule has 1 aromatic carbocycles. The van der Waals surface area contributed by atoms with Crippen molar-refractivity contribution in [2.24, 2.45) is 23.7 Å². The predicted molar refractivity (Wildman–Crippen MR) is 290 cm³/mol. The zero-order valence-corrected chi connectivity index (χ0v) is 48.5. The monoisotopic (exact) mass is 1080 g/mol. The first-order chi connectivity index (χ1) is 35.5. The molecule has 1 aromatic heterocycles. The molecule has 3 aliphatic heterocycles. The Morgan fingerprint density at radius 2 is 1.59 bits per heavy atom. The fourth-order valence-electron chi connectivity index (χ4n) is 12.0. The lowest BCUT2D eigenvalue weighted by Gasteiger charge is -2.48. The minimum absolute atomic E-state index is 0.0193. The van der Waals surface area contributed by atoms with Gasteiger partial charge in [-0.2, -0.15) is 0 Å². The number of ether oxygens (including phenoxy) is 7. The van der Waals surface area contributed by atoms with Crippen molar-refractivity contribution < 1.29 is 68.3 Å². The Kier molecular flexibility index (Phi) is 22.8. The number of aliphatic hydroxyl groups is 4. The number of likely N-dealkylation sites (N-methyl/N-ethyl adjacent to an activating group) is 2. The van der Waals surface area contributed by atoms with Gasteiger partial charge in [0.1, 0.15) is 29.5 Å². The molecular formula is C57H96N4O15. The molecule has 5 rings (SSSR count). The average molecular weight is 1080 g/mol. The van der Waals surface area contributed by atoms with E-state index >= 15 is 0 Å². The number of unbranched alkanes of at least 4 members (excludes halogenated alkanes) is 1. The first-order valence-corrected chi connectivity index (χ1v) is 27.8. The third-order valence-corrected chi connectivity index (χ3v) is 16.6. The number of rotatable bonds is 18. The molecule has 0 aliphatic carbocycles. The van der Waals surface area contributed by atoms with Gasteiger partial charge in [-0.05, 0) is 137 Å². The highest BCUT2D eigenvalue weighted by molar-refractivity contribution is 5.93. The van der Waals surface area contributed by atoms with Crippen LogP contribution in [0.25, 0.3) is 10.9 Å². The first-order valence-electron chi connectivity index (χ1n) is 27.8. The number of benzene rings is 1. The molecule has 434 valence electrons.